The molecule has 0 unspecified atom stereocenters. The van der Waals surface area contributed by atoms with Gasteiger partial charge < -0.3 is 9.64 Å². The van der Waals surface area contributed by atoms with Gasteiger partial charge in [0.2, 0.25) is 0 Å². The van der Waals surface area contributed by atoms with Gasteiger partial charge >= 0.3 is 0 Å². The zero-order valence-corrected chi connectivity index (χ0v) is 15.6. The Hall–Kier alpha value is -2.51. The van der Waals surface area contributed by atoms with Crippen molar-refractivity contribution in [2.75, 3.05) is 13.1 Å². The summed E-state index contributed by atoms with van der Waals surface area (Å²) >= 11 is 6.30. The Morgan fingerprint density at radius 3 is 3.15 bits per heavy atom. The van der Waals surface area contributed by atoms with Crippen LogP contribution in [0.5, 0.6) is 0 Å². The number of piperidine rings is 1. The first-order valence-corrected chi connectivity index (χ1v) is 9.35. The largest absolute Gasteiger partial charge is 0.370 e. The molecule has 2 atom stereocenters. The third-order valence-corrected chi connectivity index (χ3v) is 5.67. The van der Waals surface area contributed by atoms with Crippen molar-refractivity contribution in [1.29, 1.82) is 0 Å². The summed E-state index contributed by atoms with van der Waals surface area (Å²) in [5.41, 5.74) is 3.02. The number of pyridine rings is 1. The van der Waals surface area contributed by atoms with Crippen LogP contribution >= 0.6 is 11.6 Å². The number of para-hydroxylation sites is 1. The minimum absolute atomic E-state index is 0.00765. The van der Waals surface area contributed by atoms with E-state index in [0.29, 0.717) is 35.8 Å². The molecule has 0 spiro atoms. The van der Waals surface area contributed by atoms with E-state index in [0.717, 1.165) is 23.2 Å². The molecule has 0 saturated carbocycles. The number of benzene rings is 1. The second-order valence-electron chi connectivity index (χ2n) is 7.07. The van der Waals surface area contributed by atoms with Crippen LogP contribution in [0.4, 0.5) is 0 Å². The Kier molecular flexibility index (Phi) is 3.87. The van der Waals surface area contributed by atoms with Gasteiger partial charge in [-0.1, -0.05) is 28.9 Å². The number of halogens is 1. The summed E-state index contributed by atoms with van der Waals surface area (Å²) in [4.78, 5) is 19.7. The second kappa shape index (κ2) is 6.28. The Morgan fingerprint density at radius 1 is 1.37 bits per heavy atom. The van der Waals surface area contributed by atoms with Gasteiger partial charge in [-0.15, -0.1) is 5.10 Å². The first-order valence-electron chi connectivity index (χ1n) is 8.97. The molecule has 0 N–H and O–H groups in total. The molecule has 2 aliphatic heterocycles. The van der Waals surface area contributed by atoms with E-state index >= 15 is 0 Å². The Balaban J connectivity index is 1.51. The number of nitrogens with zero attached hydrogens (tertiary/aromatic N) is 5. The van der Waals surface area contributed by atoms with Crippen molar-refractivity contribution >= 4 is 28.4 Å². The van der Waals surface area contributed by atoms with E-state index < -0.39 is 0 Å². The van der Waals surface area contributed by atoms with Gasteiger partial charge in [0.1, 0.15) is 0 Å². The van der Waals surface area contributed by atoms with Crippen molar-refractivity contribution in [1.82, 2.24) is 24.9 Å². The number of carbonyl (C=O) groups excluding carboxylic acids is 1. The molecule has 0 radical (unpaired) electrons. The van der Waals surface area contributed by atoms with Crippen LogP contribution in [0.25, 0.3) is 10.9 Å². The van der Waals surface area contributed by atoms with Gasteiger partial charge in [0, 0.05) is 24.2 Å². The van der Waals surface area contributed by atoms with Crippen molar-refractivity contribution < 1.29 is 9.53 Å². The fourth-order valence-corrected chi connectivity index (χ4v) is 4.27. The highest BCUT2D eigenvalue weighted by Crippen LogP contribution is 2.32. The van der Waals surface area contributed by atoms with E-state index in [-0.39, 0.29) is 18.1 Å². The molecule has 5 rings (SSSR count). The molecule has 138 valence electrons. The molecule has 7 nitrogen and oxygen atoms in total. The standard InChI is InChI=1S/C19H18ClN5O2/c1-11-7-14(13-3-2-4-15(20)18(13)22-11)19(26)24-6-5-17-16(9-24)25-12(10-27-17)8-21-23-25/h2-4,7-8,16-17H,5-6,9-10H2,1H3/t16-,17-/m0/s1. The normalized spacial score (nSPS) is 21.8. The lowest BCUT2D eigenvalue weighted by molar-refractivity contribution is -0.0604. The number of hydrogen-bond donors (Lipinski definition) is 0. The fourth-order valence-electron chi connectivity index (χ4n) is 4.05. The van der Waals surface area contributed by atoms with Crippen LogP contribution in [0.15, 0.2) is 30.5 Å². The van der Waals surface area contributed by atoms with E-state index in [1.54, 1.807) is 12.3 Å². The summed E-state index contributed by atoms with van der Waals surface area (Å²) in [7, 11) is 0. The van der Waals surface area contributed by atoms with Gasteiger partial charge in [-0.3, -0.25) is 9.78 Å². The Labute approximate surface area is 160 Å². The molecule has 2 aliphatic rings. The molecule has 2 aromatic heterocycles. The number of rotatable bonds is 1. The van der Waals surface area contributed by atoms with E-state index in [2.05, 4.69) is 15.3 Å². The van der Waals surface area contributed by atoms with Gasteiger partial charge in [0.05, 0.1) is 46.7 Å². The molecule has 4 heterocycles. The summed E-state index contributed by atoms with van der Waals surface area (Å²) in [6.45, 7) is 3.59. The number of fused-ring (bicyclic) bond motifs is 4. The molecule has 3 aromatic rings. The summed E-state index contributed by atoms with van der Waals surface area (Å²) < 4.78 is 7.84. The quantitative estimate of drug-likeness (QED) is 0.646. The molecule has 1 aromatic carbocycles. The van der Waals surface area contributed by atoms with Crippen LogP contribution < -0.4 is 0 Å². The van der Waals surface area contributed by atoms with Gasteiger partial charge in [0.25, 0.3) is 5.91 Å². The average molecular weight is 384 g/mol. The summed E-state index contributed by atoms with van der Waals surface area (Å²) in [5.74, 6) is -0.0153. The van der Waals surface area contributed by atoms with Crippen LogP contribution in [0.2, 0.25) is 5.02 Å². The van der Waals surface area contributed by atoms with Gasteiger partial charge in [0.15, 0.2) is 0 Å². The highest BCUT2D eigenvalue weighted by molar-refractivity contribution is 6.35. The van der Waals surface area contributed by atoms with Crippen LogP contribution in [-0.2, 0) is 11.3 Å². The molecular formula is C19H18ClN5O2. The van der Waals surface area contributed by atoms with Crippen LogP contribution in [0.3, 0.4) is 0 Å². The highest BCUT2D eigenvalue weighted by atomic mass is 35.5. The summed E-state index contributed by atoms with van der Waals surface area (Å²) in [5, 5.41) is 9.53. The summed E-state index contributed by atoms with van der Waals surface area (Å²) in [6, 6.07) is 7.37. The molecule has 1 amide bonds. The van der Waals surface area contributed by atoms with Crippen LogP contribution in [0, 0.1) is 6.92 Å². The fraction of sp³-hybridized carbons (Fsp3) is 0.368. The molecule has 27 heavy (non-hydrogen) atoms. The predicted molar refractivity (Wildman–Crippen MR) is 99.6 cm³/mol. The maximum atomic E-state index is 13.4. The zero-order chi connectivity index (χ0) is 18.5. The Morgan fingerprint density at radius 2 is 2.26 bits per heavy atom. The third kappa shape index (κ3) is 2.69. The van der Waals surface area contributed by atoms with Crippen molar-refractivity contribution in [2.45, 2.75) is 32.1 Å². The number of aryl methyl sites for hydroxylation is 1. The number of likely N-dealkylation sites (tertiary alicyclic amines) is 1. The van der Waals surface area contributed by atoms with Crippen molar-refractivity contribution in [2.24, 2.45) is 0 Å². The first-order chi connectivity index (χ1) is 13.1. The molecule has 0 aliphatic carbocycles. The lowest BCUT2D eigenvalue weighted by Gasteiger charge is -2.41. The minimum atomic E-state index is -0.0153. The number of aromatic nitrogens is 4. The molecule has 0 bridgehead atoms. The lowest BCUT2D eigenvalue weighted by atomic mass is 9.98. The molecule has 8 heteroatoms. The topological polar surface area (TPSA) is 73.1 Å². The minimum Gasteiger partial charge on any atom is -0.370 e. The first kappa shape index (κ1) is 16.6. The van der Waals surface area contributed by atoms with Crippen molar-refractivity contribution in [3.8, 4) is 0 Å². The highest BCUT2D eigenvalue weighted by Gasteiger charge is 2.38. The van der Waals surface area contributed by atoms with E-state index in [4.69, 9.17) is 16.3 Å². The second-order valence-corrected chi connectivity index (χ2v) is 7.48. The van der Waals surface area contributed by atoms with Gasteiger partial charge in [-0.05, 0) is 25.5 Å². The smallest absolute Gasteiger partial charge is 0.254 e. The lowest BCUT2D eigenvalue weighted by Crippen LogP contribution is -2.50. The molecular weight excluding hydrogens is 366 g/mol. The maximum absolute atomic E-state index is 13.4. The predicted octanol–water partition coefficient (Wildman–Crippen LogP) is 2.77. The van der Waals surface area contributed by atoms with Crippen molar-refractivity contribution in [3.63, 3.8) is 0 Å². The van der Waals surface area contributed by atoms with Gasteiger partial charge in [-0.25, -0.2) is 4.68 Å². The van der Waals surface area contributed by atoms with E-state index in [1.807, 2.05) is 34.7 Å². The Bertz CT molecular complexity index is 1050. The van der Waals surface area contributed by atoms with E-state index in [1.165, 1.54) is 0 Å². The number of ether oxygens (including phenoxy) is 1. The maximum Gasteiger partial charge on any atom is 0.254 e. The number of hydrogen-bond acceptors (Lipinski definition) is 5. The zero-order valence-electron chi connectivity index (χ0n) is 14.8. The van der Waals surface area contributed by atoms with Crippen molar-refractivity contribution in [3.05, 3.63) is 52.4 Å². The van der Waals surface area contributed by atoms with Gasteiger partial charge in [-0.2, -0.15) is 0 Å². The number of carbonyl (C=O) groups is 1. The van der Waals surface area contributed by atoms with Crippen LogP contribution in [0.1, 0.15) is 34.2 Å². The molecule has 1 fully saturated rings. The average Bonchev–Trinajstić information content (AvgIpc) is 3.16. The SMILES string of the molecule is Cc1cc(C(=O)N2CC[C@@H]3OCc4cnnn4[C@H]3C2)c2cccc(Cl)c2n1. The summed E-state index contributed by atoms with van der Waals surface area (Å²) in [6.07, 6.45) is 2.56. The van der Waals surface area contributed by atoms with E-state index in [9.17, 15) is 4.79 Å². The number of amides is 1. The monoisotopic (exact) mass is 383 g/mol. The third-order valence-electron chi connectivity index (χ3n) is 5.36. The molecule has 1 saturated heterocycles. The van der Waals surface area contributed by atoms with Crippen LogP contribution in [-0.4, -0.2) is 50.0 Å².